The summed E-state index contributed by atoms with van der Waals surface area (Å²) in [6.45, 7) is 5.90. The maximum absolute atomic E-state index is 9.55. The van der Waals surface area contributed by atoms with Crippen molar-refractivity contribution in [2.24, 2.45) is 0 Å². The Morgan fingerprint density at radius 3 is 2.77 bits per heavy atom. The molecule has 0 aliphatic rings. The van der Waals surface area contributed by atoms with Crippen LogP contribution >= 0.6 is 0 Å². The Labute approximate surface area is 79.6 Å². The molecule has 72 valence electrons. The van der Waals surface area contributed by atoms with Gasteiger partial charge >= 0.3 is 0 Å². The largest absolute Gasteiger partial charge is 0.508 e. The number of benzene rings is 1. The van der Waals surface area contributed by atoms with Crippen LogP contribution in [0.1, 0.15) is 24.5 Å². The first kappa shape index (κ1) is 10.1. The van der Waals surface area contributed by atoms with E-state index in [1.165, 1.54) is 0 Å². The van der Waals surface area contributed by atoms with E-state index in [0.29, 0.717) is 5.75 Å². The molecule has 2 nitrogen and oxygen atoms in total. The molecule has 2 heteroatoms. The highest BCUT2D eigenvalue weighted by molar-refractivity contribution is 5.38. The van der Waals surface area contributed by atoms with E-state index < -0.39 is 0 Å². The van der Waals surface area contributed by atoms with Gasteiger partial charge in [0, 0.05) is 12.1 Å². The second-order valence-electron chi connectivity index (χ2n) is 3.25. The number of hydrogen-bond donors (Lipinski definition) is 2. The van der Waals surface area contributed by atoms with Crippen molar-refractivity contribution in [2.45, 2.75) is 26.8 Å². The van der Waals surface area contributed by atoms with Crippen LogP contribution in [0.4, 0.5) is 0 Å². The smallest absolute Gasteiger partial charge is 0.120 e. The minimum Gasteiger partial charge on any atom is -0.508 e. The third-order valence-electron chi connectivity index (χ3n) is 2.11. The fourth-order valence-corrected chi connectivity index (χ4v) is 1.31. The van der Waals surface area contributed by atoms with Crippen molar-refractivity contribution < 1.29 is 5.11 Å². The van der Waals surface area contributed by atoms with E-state index >= 15 is 0 Å². The summed E-state index contributed by atoms with van der Waals surface area (Å²) in [5.41, 5.74) is 2.15. The number of phenolic OH excluding ortho intramolecular Hbond substituents is 1. The van der Waals surface area contributed by atoms with Gasteiger partial charge in [0.1, 0.15) is 5.75 Å². The Morgan fingerprint density at radius 1 is 1.38 bits per heavy atom. The summed E-state index contributed by atoms with van der Waals surface area (Å²) >= 11 is 0. The second-order valence-corrected chi connectivity index (χ2v) is 3.25. The zero-order valence-electron chi connectivity index (χ0n) is 8.30. The standard InChI is InChI=1S/C11H17NO/c1-3-7-12-8-10-9(2)5-4-6-11(10)13/h4-6,12-13H,3,7-8H2,1-2H3. The van der Waals surface area contributed by atoms with Crippen LogP contribution in [0.3, 0.4) is 0 Å². The first-order valence-electron chi connectivity index (χ1n) is 4.74. The molecule has 0 aliphatic carbocycles. The van der Waals surface area contributed by atoms with Gasteiger partial charge in [0.2, 0.25) is 0 Å². The molecular weight excluding hydrogens is 162 g/mol. The van der Waals surface area contributed by atoms with E-state index in [9.17, 15) is 5.11 Å². The topological polar surface area (TPSA) is 32.3 Å². The van der Waals surface area contributed by atoms with Crippen LogP contribution in [-0.4, -0.2) is 11.7 Å². The van der Waals surface area contributed by atoms with Crippen molar-refractivity contribution in [2.75, 3.05) is 6.54 Å². The molecule has 0 fully saturated rings. The van der Waals surface area contributed by atoms with Gasteiger partial charge in [0.15, 0.2) is 0 Å². The van der Waals surface area contributed by atoms with Gasteiger partial charge in [-0.1, -0.05) is 19.1 Å². The van der Waals surface area contributed by atoms with E-state index in [0.717, 1.165) is 30.6 Å². The number of rotatable bonds is 4. The molecule has 1 rings (SSSR count). The van der Waals surface area contributed by atoms with Crippen LogP contribution in [0.5, 0.6) is 5.75 Å². The van der Waals surface area contributed by atoms with Crippen LogP contribution in [-0.2, 0) is 6.54 Å². The number of aryl methyl sites for hydroxylation is 1. The molecule has 0 spiro atoms. The normalized spacial score (nSPS) is 10.3. The van der Waals surface area contributed by atoms with Crippen LogP contribution in [0, 0.1) is 6.92 Å². The summed E-state index contributed by atoms with van der Waals surface area (Å²) in [5.74, 6) is 0.392. The fraction of sp³-hybridized carbons (Fsp3) is 0.455. The van der Waals surface area contributed by atoms with Gasteiger partial charge in [-0.2, -0.15) is 0 Å². The Hall–Kier alpha value is -1.02. The van der Waals surface area contributed by atoms with Crippen LogP contribution in [0.2, 0.25) is 0 Å². The van der Waals surface area contributed by atoms with Gasteiger partial charge in [-0.25, -0.2) is 0 Å². The fourth-order valence-electron chi connectivity index (χ4n) is 1.31. The monoisotopic (exact) mass is 179 g/mol. The van der Waals surface area contributed by atoms with Gasteiger partial charge in [-0.15, -0.1) is 0 Å². The molecule has 0 saturated carbocycles. The predicted octanol–water partition coefficient (Wildman–Crippen LogP) is 2.20. The summed E-state index contributed by atoms with van der Waals surface area (Å²) in [6, 6.07) is 5.62. The van der Waals surface area contributed by atoms with Crippen molar-refractivity contribution >= 4 is 0 Å². The Balaban J connectivity index is 2.64. The molecular formula is C11H17NO. The molecule has 0 heterocycles. The van der Waals surface area contributed by atoms with Crippen molar-refractivity contribution in [3.63, 3.8) is 0 Å². The lowest BCUT2D eigenvalue weighted by Crippen LogP contribution is -2.14. The van der Waals surface area contributed by atoms with Gasteiger partial charge in [-0.3, -0.25) is 0 Å². The highest BCUT2D eigenvalue weighted by atomic mass is 16.3. The lowest BCUT2D eigenvalue weighted by Gasteiger charge is -2.08. The Bertz CT molecular complexity index is 251. The van der Waals surface area contributed by atoms with E-state index in [1.54, 1.807) is 6.07 Å². The lowest BCUT2D eigenvalue weighted by atomic mass is 10.1. The van der Waals surface area contributed by atoms with Gasteiger partial charge in [-0.05, 0) is 31.5 Å². The van der Waals surface area contributed by atoms with Gasteiger partial charge in [0.25, 0.3) is 0 Å². The molecule has 0 aliphatic heterocycles. The molecule has 2 N–H and O–H groups in total. The maximum Gasteiger partial charge on any atom is 0.120 e. The average Bonchev–Trinajstić information content (AvgIpc) is 2.10. The SMILES string of the molecule is CCCNCc1c(C)cccc1O. The molecule has 0 amide bonds. The van der Waals surface area contributed by atoms with E-state index in [-0.39, 0.29) is 0 Å². The summed E-state index contributed by atoms with van der Waals surface area (Å²) in [7, 11) is 0. The minimum absolute atomic E-state index is 0.392. The molecule has 0 atom stereocenters. The highest BCUT2D eigenvalue weighted by Gasteiger charge is 2.02. The number of phenols is 1. The zero-order chi connectivity index (χ0) is 9.68. The van der Waals surface area contributed by atoms with Crippen molar-refractivity contribution in [1.82, 2.24) is 5.32 Å². The molecule has 0 saturated heterocycles. The van der Waals surface area contributed by atoms with E-state index in [2.05, 4.69) is 12.2 Å². The zero-order valence-corrected chi connectivity index (χ0v) is 8.30. The number of hydrogen-bond acceptors (Lipinski definition) is 2. The van der Waals surface area contributed by atoms with Gasteiger partial charge < -0.3 is 10.4 Å². The van der Waals surface area contributed by atoms with E-state index in [1.807, 2.05) is 19.1 Å². The lowest BCUT2D eigenvalue weighted by molar-refractivity contribution is 0.463. The summed E-state index contributed by atoms with van der Waals surface area (Å²) in [4.78, 5) is 0. The molecule has 0 bridgehead atoms. The van der Waals surface area contributed by atoms with Crippen molar-refractivity contribution in [3.8, 4) is 5.75 Å². The molecule has 1 aromatic rings. The second kappa shape index (κ2) is 4.87. The third kappa shape index (κ3) is 2.74. The minimum atomic E-state index is 0.392. The number of aromatic hydroxyl groups is 1. The highest BCUT2D eigenvalue weighted by Crippen LogP contribution is 2.19. The molecule has 1 aromatic carbocycles. The summed E-state index contributed by atoms with van der Waals surface area (Å²) in [5, 5.41) is 12.8. The van der Waals surface area contributed by atoms with Crippen LogP contribution in [0.25, 0.3) is 0 Å². The van der Waals surface area contributed by atoms with E-state index in [4.69, 9.17) is 0 Å². The predicted molar refractivity (Wildman–Crippen MR) is 54.8 cm³/mol. The van der Waals surface area contributed by atoms with Crippen LogP contribution in [0.15, 0.2) is 18.2 Å². The molecule has 13 heavy (non-hydrogen) atoms. The molecule has 0 aromatic heterocycles. The first-order valence-corrected chi connectivity index (χ1v) is 4.74. The van der Waals surface area contributed by atoms with Gasteiger partial charge in [0.05, 0.1) is 0 Å². The number of nitrogens with one attached hydrogen (secondary N) is 1. The molecule has 0 unspecified atom stereocenters. The molecule has 0 radical (unpaired) electrons. The average molecular weight is 179 g/mol. The Kier molecular flexibility index (Phi) is 3.77. The van der Waals surface area contributed by atoms with Crippen LogP contribution < -0.4 is 5.32 Å². The quantitative estimate of drug-likeness (QED) is 0.694. The maximum atomic E-state index is 9.55. The third-order valence-corrected chi connectivity index (χ3v) is 2.11. The van der Waals surface area contributed by atoms with Crippen molar-refractivity contribution in [1.29, 1.82) is 0 Å². The van der Waals surface area contributed by atoms with Crippen molar-refractivity contribution in [3.05, 3.63) is 29.3 Å². The summed E-state index contributed by atoms with van der Waals surface area (Å²) in [6.07, 6.45) is 1.12. The first-order chi connectivity index (χ1) is 6.25. The summed E-state index contributed by atoms with van der Waals surface area (Å²) < 4.78 is 0. The Morgan fingerprint density at radius 2 is 2.15 bits per heavy atom.